The number of methoxy groups -OCH3 is 1. The van der Waals surface area contributed by atoms with Crippen molar-refractivity contribution in [3.05, 3.63) is 71.5 Å². The number of hydrogen-bond donors (Lipinski definition) is 0. The lowest BCUT2D eigenvalue weighted by Crippen LogP contribution is -2.08. The SMILES string of the molecule is COCc1ccccc1C(=O)OCc1cc2ccccc2o1. The molecule has 2 aromatic carbocycles. The van der Waals surface area contributed by atoms with Gasteiger partial charge in [0, 0.05) is 12.5 Å². The van der Waals surface area contributed by atoms with Crippen molar-refractivity contribution < 1.29 is 18.7 Å². The maximum absolute atomic E-state index is 12.2. The van der Waals surface area contributed by atoms with Gasteiger partial charge in [-0.3, -0.25) is 0 Å². The number of ether oxygens (including phenoxy) is 2. The Morgan fingerprint density at radius 1 is 1.05 bits per heavy atom. The van der Waals surface area contributed by atoms with E-state index in [1.807, 2.05) is 42.5 Å². The van der Waals surface area contributed by atoms with E-state index in [1.54, 1.807) is 19.2 Å². The average molecular weight is 296 g/mol. The van der Waals surface area contributed by atoms with Crippen molar-refractivity contribution in [2.24, 2.45) is 0 Å². The van der Waals surface area contributed by atoms with E-state index in [1.165, 1.54) is 0 Å². The van der Waals surface area contributed by atoms with Crippen molar-refractivity contribution in [3.8, 4) is 0 Å². The van der Waals surface area contributed by atoms with Gasteiger partial charge in [0.1, 0.15) is 18.0 Å². The van der Waals surface area contributed by atoms with Crippen molar-refractivity contribution in [2.75, 3.05) is 7.11 Å². The molecular formula is C18H16O4. The zero-order valence-electron chi connectivity index (χ0n) is 12.2. The van der Waals surface area contributed by atoms with Crippen LogP contribution in [0.5, 0.6) is 0 Å². The van der Waals surface area contributed by atoms with E-state index in [0.29, 0.717) is 17.9 Å². The molecule has 4 nitrogen and oxygen atoms in total. The largest absolute Gasteiger partial charge is 0.457 e. The first-order valence-electron chi connectivity index (χ1n) is 6.99. The first-order chi connectivity index (χ1) is 10.8. The normalized spacial score (nSPS) is 10.8. The van der Waals surface area contributed by atoms with Gasteiger partial charge < -0.3 is 13.9 Å². The van der Waals surface area contributed by atoms with Gasteiger partial charge in [0.25, 0.3) is 0 Å². The number of furan rings is 1. The third-order valence-corrected chi connectivity index (χ3v) is 3.36. The number of rotatable bonds is 5. The summed E-state index contributed by atoms with van der Waals surface area (Å²) in [6.45, 7) is 0.477. The number of esters is 1. The van der Waals surface area contributed by atoms with E-state index >= 15 is 0 Å². The van der Waals surface area contributed by atoms with Crippen LogP contribution in [0.1, 0.15) is 21.7 Å². The molecule has 0 aliphatic rings. The standard InChI is InChI=1S/C18H16O4/c1-20-11-14-7-2-4-8-16(14)18(19)21-12-15-10-13-6-3-5-9-17(13)22-15/h2-10H,11-12H2,1H3. The Morgan fingerprint density at radius 2 is 1.82 bits per heavy atom. The first kappa shape index (κ1) is 14.4. The lowest BCUT2D eigenvalue weighted by molar-refractivity contribution is 0.0443. The van der Waals surface area contributed by atoms with Gasteiger partial charge in [0.2, 0.25) is 0 Å². The van der Waals surface area contributed by atoms with Crippen LogP contribution in [-0.4, -0.2) is 13.1 Å². The van der Waals surface area contributed by atoms with Crippen LogP contribution in [0, 0.1) is 0 Å². The van der Waals surface area contributed by atoms with E-state index in [4.69, 9.17) is 13.9 Å². The van der Waals surface area contributed by atoms with Gasteiger partial charge in [-0.1, -0.05) is 36.4 Å². The van der Waals surface area contributed by atoms with E-state index < -0.39 is 0 Å². The number of hydrogen-bond acceptors (Lipinski definition) is 4. The summed E-state index contributed by atoms with van der Waals surface area (Å²) in [6, 6.07) is 16.8. The Hall–Kier alpha value is -2.59. The van der Waals surface area contributed by atoms with Gasteiger partial charge in [0.15, 0.2) is 0 Å². The molecule has 0 bridgehead atoms. The molecule has 0 unspecified atom stereocenters. The molecule has 0 aliphatic carbocycles. The summed E-state index contributed by atoms with van der Waals surface area (Å²) in [5.74, 6) is 0.242. The Morgan fingerprint density at radius 3 is 2.64 bits per heavy atom. The van der Waals surface area contributed by atoms with Gasteiger partial charge in [-0.25, -0.2) is 4.79 Å². The molecule has 0 aliphatic heterocycles. The fraction of sp³-hybridized carbons (Fsp3) is 0.167. The first-order valence-corrected chi connectivity index (χ1v) is 6.99. The molecule has 1 heterocycles. The Kier molecular flexibility index (Phi) is 4.21. The maximum atomic E-state index is 12.2. The third-order valence-electron chi connectivity index (χ3n) is 3.36. The molecule has 22 heavy (non-hydrogen) atoms. The Bertz CT molecular complexity index is 755. The average Bonchev–Trinajstić information content (AvgIpc) is 2.96. The quantitative estimate of drug-likeness (QED) is 0.669. The van der Waals surface area contributed by atoms with Crippen LogP contribution in [0.4, 0.5) is 0 Å². The number of carbonyl (C=O) groups is 1. The predicted molar refractivity (Wildman–Crippen MR) is 82.5 cm³/mol. The number of carbonyl (C=O) groups excluding carboxylic acids is 1. The molecule has 0 spiro atoms. The monoisotopic (exact) mass is 296 g/mol. The highest BCUT2D eigenvalue weighted by Crippen LogP contribution is 2.20. The van der Waals surface area contributed by atoms with Gasteiger partial charge in [-0.2, -0.15) is 0 Å². The van der Waals surface area contributed by atoms with Crippen LogP contribution < -0.4 is 0 Å². The van der Waals surface area contributed by atoms with E-state index in [9.17, 15) is 4.79 Å². The zero-order chi connectivity index (χ0) is 15.4. The molecule has 0 amide bonds. The molecule has 0 N–H and O–H groups in total. The second-order valence-corrected chi connectivity index (χ2v) is 4.92. The molecule has 1 aromatic heterocycles. The minimum atomic E-state index is -0.381. The molecular weight excluding hydrogens is 280 g/mol. The molecule has 0 fully saturated rings. The van der Waals surface area contributed by atoms with Crippen LogP contribution in [0.3, 0.4) is 0 Å². The van der Waals surface area contributed by atoms with E-state index in [0.717, 1.165) is 16.5 Å². The fourth-order valence-corrected chi connectivity index (χ4v) is 2.32. The minimum absolute atomic E-state index is 0.106. The summed E-state index contributed by atoms with van der Waals surface area (Å²) >= 11 is 0. The van der Waals surface area contributed by atoms with Crippen LogP contribution in [0.15, 0.2) is 59.0 Å². The Balaban J connectivity index is 1.72. The lowest BCUT2D eigenvalue weighted by Gasteiger charge is -2.08. The third kappa shape index (κ3) is 3.02. The van der Waals surface area contributed by atoms with Gasteiger partial charge >= 0.3 is 5.97 Å². The summed E-state index contributed by atoms with van der Waals surface area (Å²) in [6.07, 6.45) is 0. The highest BCUT2D eigenvalue weighted by atomic mass is 16.5. The second kappa shape index (κ2) is 6.45. The number of benzene rings is 2. The molecule has 112 valence electrons. The molecule has 3 rings (SSSR count). The smallest absolute Gasteiger partial charge is 0.338 e. The van der Waals surface area contributed by atoms with Gasteiger partial charge in [0.05, 0.1) is 12.2 Å². The highest BCUT2D eigenvalue weighted by Gasteiger charge is 2.13. The molecule has 0 saturated heterocycles. The summed E-state index contributed by atoms with van der Waals surface area (Å²) in [4.78, 5) is 12.2. The minimum Gasteiger partial charge on any atom is -0.457 e. The fourth-order valence-electron chi connectivity index (χ4n) is 2.32. The van der Waals surface area contributed by atoms with Crippen molar-refractivity contribution >= 4 is 16.9 Å². The van der Waals surface area contributed by atoms with Crippen molar-refractivity contribution in [1.29, 1.82) is 0 Å². The van der Waals surface area contributed by atoms with Crippen LogP contribution in [-0.2, 0) is 22.7 Å². The summed E-state index contributed by atoms with van der Waals surface area (Å²) in [5.41, 5.74) is 2.10. The molecule has 4 heteroatoms. The molecule has 0 atom stereocenters. The summed E-state index contributed by atoms with van der Waals surface area (Å²) < 4.78 is 16.1. The topological polar surface area (TPSA) is 48.7 Å². The molecule has 0 saturated carbocycles. The number of para-hydroxylation sites is 1. The van der Waals surface area contributed by atoms with Crippen LogP contribution in [0.2, 0.25) is 0 Å². The highest BCUT2D eigenvalue weighted by molar-refractivity contribution is 5.91. The summed E-state index contributed by atoms with van der Waals surface area (Å²) in [7, 11) is 1.59. The predicted octanol–water partition coefficient (Wildman–Crippen LogP) is 3.94. The van der Waals surface area contributed by atoms with Crippen molar-refractivity contribution in [1.82, 2.24) is 0 Å². The van der Waals surface area contributed by atoms with Crippen molar-refractivity contribution in [3.63, 3.8) is 0 Å². The number of fused-ring (bicyclic) bond motifs is 1. The van der Waals surface area contributed by atoms with Crippen LogP contribution in [0.25, 0.3) is 11.0 Å². The Labute approximate surface area is 128 Å². The summed E-state index contributed by atoms with van der Waals surface area (Å²) in [5, 5.41) is 0.994. The van der Waals surface area contributed by atoms with Gasteiger partial charge in [-0.15, -0.1) is 0 Å². The maximum Gasteiger partial charge on any atom is 0.338 e. The zero-order valence-corrected chi connectivity index (χ0v) is 12.2. The van der Waals surface area contributed by atoms with Crippen LogP contribution >= 0.6 is 0 Å². The van der Waals surface area contributed by atoms with E-state index in [-0.39, 0.29) is 12.6 Å². The van der Waals surface area contributed by atoms with Crippen molar-refractivity contribution in [2.45, 2.75) is 13.2 Å². The molecule has 3 aromatic rings. The van der Waals surface area contributed by atoms with Gasteiger partial charge in [-0.05, 0) is 23.8 Å². The second-order valence-electron chi connectivity index (χ2n) is 4.92. The lowest BCUT2D eigenvalue weighted by atomic mass is 10.1. The molecule has 0 radical (unpaired) electrons. The van der Waals surface area contributed by atoms with E-state index in [2.05, 4.69) is 0 Å².